The number of carbonyl (C=O) groups is 2. The summed E-state index contributed by atoms with van der Waals surface area (Å²) in [7, 11) is 0. The molecule has 0 saturated heterocycles. The van der Waals surface area contributed by atoms with Gasteiger partial charge in [0.1, 0.15) is 5.78 Å². The minimum atomic E-state index is -0.780. The molecule has 18 heavy (non-hydrogen) atoms. The van der Waals surface area contributed by atoms with Gasteiger partial charge in [-0.15, -0.1) is 0 Å². The maximum atomic E-state index is 11.5. The minimum absolute atomic E-state index is 0.0490. The molecule has 0 aliphatic carbocycles. The zero-order valence-corrected chi connectivity index (χ0v) is 10.9. The van der Waals surface area contributed by atoms with Gasteiger partial charge in [-0.1, -0.05) is 26.0 Å². The van der Waals surface area contributed by atoms with E-state index in [0.717, 1.165) is 0 Å². The zero-order valence-electron chi connectivity index (χ0n) is 10.9. The summed E-state index contributed by atoms with van der Waals surface area (Å²) in [6, 6.07) is 6.87. The smallest absolute Gasteiger partial charge is 0.226 e. The van der Waals surface area contributed by atoms with Crippen molar-refractivity contribution >= 4 is 17.4 Å². The average Bonchev–Trinajstić information content (AvgIpc) is 2.28. The van der Waals surface area contributed by atoms with Crippen LogP contribution in [0.25, 0.3) is 0 Å². The summed E-state index contributed by atoms with van der Waals surface area (Å²) in [4.78, 5) is 22.4. The van der Waals surface area contributed by atoms with Gasteiger partial charge in [0, 0.05) is 18.0 Å². The van der Waals surface area contributed by atoms with Crippen LogP contribution in [0.4, 0.5) is 5.69 Å². The van der Waals surface area contributed by atoms with Crippen molar-refractivity contribution in [1.29, 1.82) is 0 Å². The molecule has 0 aromatic heterocycles. The molecule has 1 rings (SSSR count). The molecular weight excluding hydrogens is 230 g/mol. The van der Waals surface area contributed by atoms with Crippen LogP contribution < -0.4 is 5.32 Å². The lowest BCUT2D eigenvalue weighted by atomic mass is 10.0. The molecule has 0 fully saturated rings. The first kappa shape index (κ1) is 14.4. The standard InChI is InChI=1S/C14H19NO3/c1-9(2)14(18)15-12-6-4-11(5-7-12)13(17)8-10(3)16/h4-7,9,13,17H,8H2,1-3H3,(H,15,18). The number of anilines is 1. The van der Waals surface area contributed by atoms with E-state index in [4.69, 9.17) is 0 Å². The van der Waals surface area contributed by atoms with Gasteiger partial charge in [0.15, 0.2) is 0 Å². The fraction of sp³-hybridized carbons (Fsp3) is 0.429. The second kappa shape index (κ2) is 6.31. The number of carbonyl (C=O) groups excluding carboxylic acids is 2. The van der Waals surface area contributed by atoms with Crippen molar-refractivity contribution in [3.8, 4) is 0 Å². The number of hydrogen-bond donors (Lipinski definition) is 2. The number of aliphatic hydroxyl groups is 1. The predicted molar refractivity (Wildman–Crippen MR) is 70.2 cm³/mol. The van der Waals surface area contributed by atoms with Gasteiger partial charge >= 0.3 is 0 Å². The van der Waals surface area contributed by atoms with Crippen LogP contribution in [0.2, 0.25) is 0 Å². The summed E-state index contributed by atoms with van der Waals surface area (Å²) in [6.07, 6.45) is -0.671. The van der Waals surface area contributed by atoms with E-state index in [0.29, 0.717) is 11.3 Å². The molecular formula is C14H19NO3. The van der Waals surface area contributed by atoms with Gasteiger partial charge < -0.3 is 10.4 Å². The summed E-state index contributed by atoms with van der Waals surface area (Å²) in [6.45, 7) is 5.08. The van der Waals surface area contributed by atoms with Crippen molar-refractivity contribution in [2.24, 2.45) is 5.92 Å². The first-order valence-electron chi connectivity index (χ1n) is 5.98. The van der Waals surface area contributed by atoms with Crippen LogP contribution in [0.15, 0.2) is 24.3 Å². The Balaban J connectivity index is 2.68. The molecule has 0 aliphatic rings. The highest BCUT2D eigenvalue weighted by atomic mass is 16.3. The highest BCUT2D eigenvalue weighted by Crippen LogP contribution is 2.19. The van der Waals surface area contributed by atoms with Crippen LogP contribution in [-0.4, -0.2) is 16.8 Å². The van der Waals surface area contributed by atoms with E-state index < -0.39 is 6.10 Å². The maximum Gasteiger partial charge on any atom is 0.226 e. The van der Waals surface area contributed by atoms with Crippen LogP contribution >= 0.6 is 0 Å². The van der Waals surface area contributed by atoms with Gasteiger partial charge in [0.05, 0.1) is 6.10 Å². The van der Waals surface area contributed by atoms with Crippen LogP contribution in [-0.2, 0) is 9.59 Å². The van der Waals surface area contributed by atoms with Crippen molar-refractivity contribution in [3.05, 3.63) is 29.8 Å². The molecule has 4 nitrogen and oxygen atoms in total. The molecule has 1 unspecified atom stereocenters. The molecule has 0 radical (unpaired) electrons. The van der Waals surface area contributed by atoms with Gasteiger partial charge in [-0.3, -0.25) is 9.59 Å². The third kappa shape index (κ3) is 4.30. The van der Waals surface area contributed by atoms with Crippen LogP contribution in [0.1, 0.15) is 38.9 Å². The molecule has 1 amide bonds. The fourth-order valence-electron chi connectivity index (χ4n) is 1.47. The molecule has 98 valence electrons. The summed E-state index contributed by atoms with van der Waals surface area (Å²) < 4.78 is 0. The normalized spacial score (nSPS) is 12.3. The number of rotatable bonds is 5. The largest absolute Gasteiger partial charge is 0.388 e. The van der Waals surface area contributed by atoms with E-state index in [-0.39, 0.29) is 24.0 Å². The quantitative estimate of drug-likeness (QED) is 0.841. The zero-order chi connectivity index (χ0) is 13.7. The van der Waals surface area contributed by atoms with Crippen LogP contribution in [0.5, 0.6) is 0 Å². The number of amides is 1. The van der Waals surface area contributed by atoms with E-state index in [2.05, 4.69) is 5.32 Å². The number of Topliss-reactive ketones (excluding diaryl/α,β-unsaturated/α-hetero) is 1. The average molecular weight is 249 g/mol. The lowest BCUT2D eigenvalue weighted by Crippen LogP contribution is -2.17. The monoisotopic (exact) mass is 249 g/mol. The van der Waals surface area contributed by atoms with E-state index in [1.54, 1.807) is 24.3 Å². The van der Waals surface area contributed by atoms with Gasteiger partial charge in [0.2, 0.25) is 5.91 Å². The highest BCUT2D eigenvalue weighted by Gasteiger charge is 2.11. The second-order valence-electron chi connectivity index (χ2n) is 4.69. The number of aliphatic hydroxyl groups excluding tert-OH is 1. The molecule has 0 saturated carbocycles. The number of ketones is 1. The predicted octanol–water partition coefficient (Wildman–Crippen LogP) is 2.29. The molecule has 0 bridgehead atoms. The van der Waals surface area contributed by atoms with Crippen molar-refractivity contribution in [2.45, 2.75) is 33.3 Å². The van der Waals surface area contributed by atoms with Gasteiger partial charge in [0.25, 0.3) is 0 Å². The topological polar surface area (TPSA) is 66.4 Å². The highest BCUT2D eigenvalue weighted by molar-refractivity contribution is 5.92. The summed E-state index contributed by atoms with van der Waals surface area (Å²) in [5.41, 5.74) is 1.36. The van der Waals surface area contributed by atoms with Gasteiger partial charge in [-0.2, -0.15) is 0 Å². The maximum absolute atomic E-state index is 11.5. The fourth-order valence-corrected chi connectivity index (χ4v) is 1.47. The van der Waals surface area contributed by atoms with E-state index in [1.165, 1.54) is 6.92 Å². The Bertz CT molecular complexity index is 423. The molecule has 1 aromatic rings. The Labute approximate surface area is 107 Å². The Kier molecular flexibility index (Phi) is 5.04. The SMILES string of the molecule is CC(=O)CC(O)c1ccc(NC(=O)C(C)C)cc1. The van der Waals surface area contributed by atoms with E-state index >= 15 is 0 Å². The van der Waals surface area contributed by atoms with E-state index in [1.807, 2.05) is 13.8 Å². The summed E-state index contributed by atoms with van der Waals surface area (Å²) in [5.74, 6) is -0.181. The number of hydrogen-bond acceptors (Lipinski definition) is 3. The second-order valence-corrected chi connectivity index (χ2v) is 4.69. The number of nitrogens with one attached hydrogen (secondary N) is 1. The van der Waals surface area contributed by atoms with Crippen molar-refractivity contribution in [2.75, 3.05) is 5.32 Å². The molecule has 0 spiro atoms. The van der Waals surface area contributed by atoms with Crippen LogP contribution in [0.3, 0.4) is 0 Å². The van der Waals surface area contributed by atoms with Crippen molar-refractivity contribution < 1.29 is 14.7 Å². The third-order valence-electron chi connectivity index (χ3n) is 2.57. The molecule has 1 atom stereocenters. The van der Waals surface area contributed by atoms with Gasteiger partial charge in [-0.25, -0.2) is 0 Å². The minimum Gasteiger partial charge on any atom is -0.388 e. The third-order valence-corrected chi connectivity index (χ3v) is 2.57. The van der Waals surface area contributed by atoms with Crippen molar-refractivity contribution in [3.63, 3.8) is 0 Å². The van der Waals surface area contributed by atoms with Gasteiger partial charge in [-0.05, 0) is 24.6 Å². The summed E-state index contributed by atoms with van der Waals surface area (Å²) >= 11 is 0. The first-order chi connectivity index (χ1) is 8.40. The Hall–Kier alpha value is -1.68. The van der Waals surface area contributed by atoms with Crippen molar-refractivity contribution in [1.82, 2.24) is 0 Å². The molecule has 0 aliphatic heterocycles. The van der Waals surface area contributed by atoms with E-state index in [9.17, 15) is 14.7 Å². The molecule has 4 heteroatoms. The molecule has 0 heterocycles. The molecule has 2 N–H and O–H groups in total. The Morgan fingerprint density at radius 1 is 1.22 bits per heavy atom. The number of benzene rings is 1. The Morgan fingerprint density at radius 3 is 2.22 bits per heavy atom. The lowest BCUT2D eigenvalue weighted by molar-refractivity contribution is -0.119. The first-order valence-corrected chi connectivity index (χ1v) is 5.98. The lowest BCUT2D eigenvalue weighted by Gasteiger charge is -2.11. The van der Waals surface area contributed by atoms with Crippen LogP contribution in [0, 0.1) is 5.92 Å². The summed E-state index contributed by atoms with van der Waals surface area (Å²) in [5, 5.41) is 12.5. The Morgan fingerprint density at radius 2 is 1.78 bits per heavy atom. The molecule has 1 aromatic carbocycles.